The average Bonchev–Trinajstić information content (AvgIpc) is 3.40. The summed E-state index contributed by atoms with van der Waals surface area (Å²) in [5, 5.41) is 13.5. The number of hydrogen-bond acceptors (Lipinski definition) is 6. The number of nitrogens with one attached hydrogen (secondary N) is 1. The molecule has 2 aliphatic rings. The van der Waals surface area contributed by atoms with Crippen molar-refractivity contribution in [3.05, 3.63) is 23.8 Å². The summed E-state index contributed by atoms with van der Waals surface area (Å²) in [7, 11) is 1.60. The molecule has 7 heteroatoms. The lowest BCUT2D eigenvalue weighted by Crippen LogP contribution is -2.36. The number of methoxy groups -OCH3 is 1. The summed E-state index contributed by atoms with van der Waals surface area (Å²) in [6.45, 7) is 5.81. The number of amides is 1. The van der Waals surface area contributed by atoms with Gasteiger partial charge >= 0.3 is 0 Å². The van der Waals surface area contributed by atoms with Crippen LogP contribution in [0.4, 0.5) is 0 Å². The Hall–Kier alpha value is -1.83. The van der Waals surface area contributed by atoms with Crippen molar-refractivity contribution in [2.75, 3.05) is 53.0 Å². The molecule has 0 aliphatic carbocycles. The van der Waals surface area contributed by atoms with Crippen molar-refractivity contribution in [1.82, 2.24) is 15.1 Å². The van der Waals surface area contributed by atoms with Crippen LogP contribution in [0, 0.1) is 0 Å². The molecule has 0 bridgehead atoms. The Bertz CT molecular complexity index is 628. The number of carbonyl (C=O) groups is 1. The summed E-state index contributed by atoms with van der Waals surface area (Å²) in [5.74, 6) is 1.22. The van der Waals surface area contributed by atoms with Gasteiger partial charge in [0.2, 0.25) is 0 Å². The Balaban J connectivity index is 1.43. The number of likely N-dealkylation sites (tertiary alicyclic amines) is 2. The number of β-amino-alcohol motifs (C(OH)–C–C–N with tert-alkyl or cyclic N) is 1. The molecule has 2 saturated heterocycles. The highest BCUT2D eigenvalue weighted by Gasteiger charge is 2.19. The van der Waals surface area contributed by atoms with Crippen LogP contribution in [0.2, 0.25) is 0 Å². The van der Waals surface area contributed by atoms with Crippen molar-refractivity contribution in [2.45, 2.75) is 38.3 Å². The Morgan fingerprint density at radius 3 is 2.57 bits per heavy atom. The minimum absolute atomic E-state index is 0.0253. The van der Waals surface area contributed by atoms with E-state index < -0.39 is 0 Å². The minimum atomic E-state index is -0.362. The van der Waals surface area contributed by atoms with Gasteiger partial charge in [0.25, 0.3) is 5.91 Å². The number of ether oxygens (including phenoxy) is 2. The van der Waals surface area contributed by atoms with Crippen molar-refractivity contribution in [2.24, 2.45) is 0 Å². The van der Waals surface area contributed by atoms with E-state index in [4.69, 9.17) is 9.47 Å². The SMILES string of the molecule is COc1cc(CNCC(O)CN2CCCC2)ccc1OCC(=O)N1CCCC1. The number of nitrogens with zero attached hydrogens (tertiary/aromatic N) is 2. The first kappa shape index (κ1) is 20.9. The van der Waals surface area contributed by atoms with Crippen LogP contribution >= 0.6 is 0 Å². The molecule has 1 unspecified atom stereocenters. The van der Waals surface area contributed by atoms with Gasteiger partial charge in [-0.05, 0) is 56.5 Å². The third kappa shape index (κ3) is 6.09. The molecule has 1 atom stereocenters. The molecule has 2 N–H and O–H groups in total. The Labute approximate surface area is 167 Å². The number of aliphatic hydroxyl groups excluding tert-OH is 1. The molecule has 0 radical (unpaired) electrons. The predicted octanol–water partition coefficient (Wildman–Crippen LogP) is 1.24. The maximum Gasteiger partial charge on any atom is 0.260 e. The molecule has 2 aliphatic heterocycles. The van der Waals surface area contributed by atoms with E-state index in [0.29, 0.717) is 24.6 Å². The van der Waals surface area contributed by atoms with Crippen LogP contribution in [0.1, 0.15) is 31.2 Å². The van der Waals surface area contributed by atoms with Gasteiger partial charge in [0.1, 0.15) is 0 Å². The highest BCUT2D eigenvalue weighted by Crippen LogP contribution is 2.28. The van der Waals surface area contributed by atoms with Crippen molar-refractivity contribution in [3.8, 4) is 11.5 Å². The van der Waals surface area contributed by atoms with E-state index in [1.165, 1.54) is 12.8 Å². The molecule has 28 heavy (non-hydrogen) atoms. The molecule has 156 valence electrons. The second kappa shape index (κ2) is 10.6. The van der Waals surface area contributed by atoms with Gasteiger partial charge in [-0.15, -0.1) is 0 Å². The molecule has 1 aromatic rings. The topological polar surface area (TPSA) is 74.3 Å². The fourth-order valence-corrected chi connectivity index (χ4v) is 3.85. The molecule has 0 aromatic heterocycles. The van der Waals surface area contributed by atoms with Crippen LogP contribution in [-0.4, -0.2) is 79.9 Å². The standard InChI is InChI=1S/C21H33N3O4/c1-27-20-12-17(13-22-14-18(25)15-23-8-2-3-9-23)6-7-19(20)28-16-21(26)24-10-4-5-11-24/h6-7,12,18,22,25H,2-5,8-11,13-16H2,1H3. The van der Waals surface area contributed by atoms with E-state index in [2.05, 4.69) is 10.2 Å². The molecule has 2 fully saturated rings. The molecule has 0 saturated carbocycles. The average molecular weight is 392 g/mol. The third-order valence-electron chi connectivity index (χ3n) is 5.41. The zero-order chi connectivity index (χ0) is 19.8. The van der Waals surface area contributed by atoms with Gasteiger partial charge in [-0.25, -0.2) is 0 Å². The lowest BCUT2D eigenvalue weighted by molar-refractivity contribution is -0.132. The number of rotatable bonds is 10. The molecule has 7 nitrogen and oxygen atoms in total. The second-order valence-electron chi connectivity index (χ2n) is 7.65. The predicted molar refractivity (Wildman–Crippen MR) is 108 cm³/mol. The van der Waals surface area contributed by atoms with Gasteiger partial charge in [0.15, 0.2) is 18.1 Å². The van der Waals surface area contributed by atoms with Crippen LogP contribution in [-0.2, 0) is 11.3 Å². The van der Waals surface area contributed by atoms with Crippen LogP contribution < -0.4 is 14.8 Å². The maximum atomic E-state index is 12.1. The first-order valence-corrected chi connectivity index (χ1v) is 10.3. The van der Waals surface area contributed by atoms with Gasteiger partial charge in [0.05, 0.1) is 13.2 Å². The van der Waals surface area contributed by atoms with Gasteiger partial charge in [-0.3, -0.25) is 4.79 Å². The smallest absolute Gasteiger partial charge is 0.260 e. The van der Waals surface area contributed by atoms with E-state index in [0.717, 1.165) is 51.1 Å². The molecular weight excluding hydrogens is 358 g/mol. The van der Waals surface area contributed by atoms with Crippen LogP contribution in [0.3, 0.4) is 0 Å². The zero-order valence-corrected chi connectivity index (χ0v) is 16.9. The number of hydrogen-bond donors (Lipinski definition) is 2. The van der Waals surface area contributed by atoms with Crippen LogP contribution in [0.25, 0.3) is 0 Å². The Kier molecular flexibility index (Phi) is 7.94. The fourth-order valence-electron chi connectivity index (χ4n) is 3.85. The monoisotopic (exact) mass is 391 g/mol. The second-order valence-corrected chi connectivity index (χ2v) is 7.65. The van der Waals surface area contributed by atoms with E-state index in [-0.39, 0.29) is 18.6 Å². The fraction of sp³-hybridized carbons (Fsp3) is 0.667. The molecule has 3 rings (SSSR count). The lowest BCUT2D eigenvalue weighted by atomic mass is 10.2. The lowest BCUT2D eigenvalue weighted by Gasteiger charge is -2.20. The molecule has 1 amide bonds. The van der Waals surface area contributed by atoms with Crippen molar-refractivity contribution >= 4 is 5.91 Å². The van der Waals surface area contributed by atoms with Gasteiger partial charge in [-0.2, -0.15) is 0 Å². The summed E-state index contributed by atoms with van der Waals surface area (Å²) in [4.78, 5) is 16.3. The number of benzene rings is 1. The summed E-state index contributed by atoms with van der Waals surface area (Å²) in [6.07, 6.45) is 4.25. The van der Waals surface area contributed by atoms with E-state index in [1.807, 2.05) is 23.1 Å². The molecule has 1 aromatic carbocycles. The maximum absolute atomic E-state index is 12.1. The van der Waals surface area contributed by atoms with E-state index in [1.54, 1.807) is 7.11 Å². The Morgan fingerprint density at radius 1 is 1.14 bits per heavy atom. The summed E-state index contributed by atoms with van der Waals surface area (Å²) < 4.78 is 11.1. The van der Waals surface area contributed by atoms with E-state index in [9.17, 15) is 9.90 Å². The number of aliphatic hydroxyl groups is 1. The first-order valence-electron chi connectivity index (χ1n) is 10.3. The van der Waals surface area contributed by atoms with Crippen molar-refractivity contribution < 1.29 is 19.4 Å². The normalized spacial score (nSPS) is 18.4. The molecular formula is C21H33N3O4. The Morgan fingerprint density at radius 2 is 1.86 bits per heavy atom. The summed E-state index contributed by atoms with van der Waals surface area (Å²) in [6, 6.07) is 5.71. The summed E-state index contributed by atoms with van der Waals surface area (Å²) >= 11 is 0. The quantitative estimate of drug-likeness (QED) is 0.625. The van der Waals surface area contributed by atoms with Crippen LogP contribution in [0.15, 0.2) is 18.2 Å². The highest BCUT2D eigenvalue weighted by atomic mass is 16.5. The molecule has 0 spiro atoms. The van der Waals surface area contributed by atoms with Crippen molar-refractivity contribution in [1.29, 1.82) is 0 Å². The first-order chi connectivity index (χ1) is 13.7. The molecule has 2 heterocycles. The summed E-state index contributed by atoms with van der Waals surface area (Å²) in [5.41, 5.74) is 1.04. The van der Waals surface area contributed by atoms with Gasteiger partial charge < -0.3 is 29.7 Å². The van der Waals surface area contributed by atoms with Gasteiger partial charge in [0, 0.05) is 32.7 Å². The zero-order valence-electron chi connectivity index (χ0n) is 16.9. The minimum Gasteiger partial charge on any atom is -0.493 e. The largest absolute Gasteiger partial charge is 0.493 e. The van der Waals surface area contributed by atoms with Crippen LogP contribution in [0.5, 0.6) is 11.5 Å². The highest BCUT2D eigenvalue weighted by molar-refractivity contribution is 5.78. The third-order valence-corrected chi connectivity index (χ3v) is 5.41. The van der Waals surface area contributed by atoms with Crippen molar-refractivity contribution in [3.63, 3.8) is 0 Å². The van der Waals surface area contributed by atoms with Gasteiger partial charge in [-0.1, -0.05) is 6.07 Å². The van der Waals surface area contributed by atoms with E-state index >= 15 is 0 Å². The number of carbonyl (C=O) groups excluding carboxylic acids is 1.